The van der Waals surface area contributed by atoms with Crippen LogP contribution in [-0.2, 0) is 10.5 Å². The molecule has 88 valence electrons. The molecule has 4 heteroatoms. The average Bonchev–Trinajstić information content (AvgIpc) is 2.31. The average molecular weight is 258 g/mol. The monoisotopic (exact) mass is 257 g/mol. The van der Waals surface area contributed by atoms with Crippen LogP contribution in [0.15, 0.2) is 24.3 Å². The first-order valence-electron chi connectivity index (χ1n) is 5.31. The summed E-state index contributed by atoms with van der Waals surface area (Å²) in [6.07, 6.45) is 0.557. The van der Waals surface area contributed by atoms with Crippen molar-refractivity contribution in [1.82, 2.24) is 5.32 Å². The summed E-state index contributed by atoms with van der Waals surface area (Å²) in [4.78, 5) is 10.9. The number of benzene rings is 1. The highest BCUT2D eigenvalue weighted by Crippen LogP contribution is 2.14. The lowest BCUT2D eigenvalue weighted by Crippen LogP contribution is -2.24. The van der Waals surface area contributed by atoms with Gasteiger partial charge in [-0.25, -0.2) is 0 Å². The third-order valence-corrected chi connectivity index (χ3v) is 3.35. The summed E-state index contributed by atoms with van der Waals surface area (Å²) >= 11 is 7.60. The van der Waals surface area contributed by atoms with Crippen LogP contribution in [0, 0.1) is 0 Å². The van der Waals surface area contributed by atoms with Gasteiger partial charge in [-0.3, -0.25) is 4.79 Å². The molecule has 1 aromatic carbocycles. The first-order chi connectivity index (χ1) is 7.72. The Morgan fingerprint density at radius 1 is 1.38 bits per heavy atom. The molecule has 1 rings (SSSR count). The highest BCUT2D eigenvalue weighted by atomic mass is 35.5. The van der Waals surface area contributed by atoms with Gasteiger partial charge in [0.05, 0.1) is 0 Å². The van der Waals surface area contributed by atoms with Crippen molar-refractivity contribution in [2.45, 2.75) is 19.1 Å². The first kappa shape index (κ1) is 13.4. The van der Waals surface area contributed by atoms with Gasteiger partial charge < -0.3 is 5.32 Å². The quantitative estimate of drug-likeness (QED) is 0.794. The molecule has 0 heterocycles. The van der Waals surface area contributed by atoms with Gasteiger partial charge in [-0.15, -0.1) is 0 Å². The lowest BCUT2D eigenvalue weighted by molar-refractivity contribution is -0.120. The Kier molecular flexibility index (Phi) is 6.34. The summed E-state index contributed by atoms with van der Waals surface area (Å²) in [5.74, 6) is 2.01. The third kappa shape index (κ3) is 5.42. The summed E-state index contributed by atoms with van der Waals surface area (Å²) in [7, 11) is 0. The highest BCUT2D eigenvalue weighted by molar-refractivity contribution is 7.98. The van der Waals surface area contributed by atoms with E-state index in [9.17, 15) is 4.79 Å². The molecule has 0 aliphatic carbocycles. The molecule has 0 saturated heterocycles. The highest BCUT2D eigenvalue weighted by Gasteiger charge is 1.96. The molecule has 0 atom stereocenters. The number of hydrogen-bond donors (Lipinski definition) is 1. The molecule has 0 fully saturated rings. The van der Waals surface area contributed by atoms with Gasteiger partial charge in [0.2, 0.25) is 5.91 Å². The van der Waals surface area contributed by atoms with E-state index < -0.39 is 0 Å². The first-order valence-corrected chi connectivity index (χ1v) is 6.84. The third-order valence-electron chi connectivity index (χ3n) is 2.07. The van der Waals surface area contributed by atoms with Gasteiger partial charge in [0.1, 0.15) is 0 Å². The normalized spacial score (nSPS) is 10.1. The number of halogens is 1. The van der Waals surface area contributed by atoms with Crippen molar-refractivity contribution in [2.24, 2.45) is 0 Å². The van der Waals surface area contributed by atoms with Crippen LogP contribution in [0.2, 0.25) is 5.02 Å². The molecular formula is C12H16ClNOS. The molecule has 0 saturated carbocycles. The Labute approximate surface area is 106 Å². The summed E-state index contributed by atoms with van der Waals surface area (Å²) in [5.41, 5.74) is 1.26. The molecule has 1 amide bonds. The molecule has 0 unspecified atom stereocenters. The van der Waals surface area contributed by atoms with E-state index >= 15 is 0 Å². The zero-order valence-corrected chi connectivity index (χ0v) is 10.9. The van der Waals surface area contributed by atoms with Crippen molar-refractivity contribution < 1.29 is 4.79 Å². The maximum atomic E-state index is 10.9. The van der Waals surface area contributed by atoms with Crippen LogP contribution < -0.4 is 5.32 Å². The fourth-order valence-electron chi connectivity index (χ4n) is 1.16. The summed E-state index contributed by atoms with van der Waals surface area (Å²) in [6, 6.07) is 7.85. The molecule has 0 aromatic heterocycles. The van der Waals surface area contributed by atoms with E-state index in [1.54, 1.807) is 11.8 Å². The fraction of sp³-hybridized carbons (Fsp3) is 0.417. The van der Waals surface area contributed by atoms with Crippen LogP contribution in [0.25, 0.3) is 0 Å². The zero-order chi connectivity index (χ0) is 11.8. The second kappa shape index (κ2) is 7.58. The van der Waals surface area contributed by atoms with E-state index in [4.69, 9.17) is 11.6 Å². The van der Waals surface area contributed by atoms with E-state index in [-0.39, 0.29) is 5.91 Å². The number of nitrogens with one attached hydrogen (secondary N) is 1. The lowest BCUT2D eigenvalue weighted by Gasteiger charge is -2.04. The van der Waals surface area contributed by atoms with Gasteiger partial charge in [0, 0.05) is 29.5 Å². The van der Waals surface area contributed by atoms with Gasteiger partial charge >= 0.3 is 0 Å². The van der Waals surface area contributed by atoms with Crippen molar-refractivity contribution in [3.8, 4) is 0 Å². The van der Waals surface area contributed by atoms with E-state index in [0.717, 1.165) is 23.1 Å². The van der Waals surface area contributed by atoms with E-state index in [1.165, 1.54) is 5.56 Å². The van der Waals surface area contributed by atoms with E-state index in [0.29, 0.717) is 6.42 Å². The van der Waals surface area contributed by atoms with Crippen LogP contribution in [0.4, 0.5) is 0 Å². The molecular weight excluding hydrogens is 242 g/mol. The van der Waals surface area contributed by atoms with Crippen molar-refractivity contribution >= 4 is 29.3 Å². The Morgan fingerprint density at radius 2 is 2.06 bits per heavy atom. The van der Waals surface area contributed by atoms with Crippen LogP contribution >= 0.6 is 23.4 Å². The van der Waals surface area contributed by atoms with Gasteiger partial charge in [0.25, 0.3) is 0 Å². The van der Waals surface area contributed by atoms with Crippen LogP contribution in [0.5, 0.6) is 0 Å². The smallest absolute Gasteiger partial charge is 0.219 e. The predicted molar refractivity (Wildman–Crippen MR) is 70.9 cm³/mol. The SMILES string of the molecule is CCC(=O)NCCSCc1ccc(Cl)cc1. The molecule has 0 aliphatic heterocycles. The van der Waals surface area contributed by atoms with Gasteiger partial charge in [-0.1, -0.05) is 30.7 Å². The minimum absolute atomic E-state index is 0.118. The maximum Gasteiger partial charge on any atom is 0.219 e. The minimum Gasteiger partial charge on any atom is -0.355 e. The second-order valence-corrected chi connectivity index (χ2v) is 4.92. The standard InChI is InChI=1S/C12H16ClNOS/c1-2-12(15)14-7-8-16-9-10-3-5-11(13)6-4-10/h3-6H,2,7-9H2,1H3,(H,14,15). The number of carbonyl (C=O) groups excluding carboxylic acids is 1. The Bertz CT molecular complexity index is 326. The Balaban J connectivity index is 2.11. The fourth-order valence-corrected chi connectivity index (χ4v) is 2.10. The van der Waals surface area contributed by atoms with Gasteiger partial charge in [-0.2, -0.15) is 11.8 Å². The molecule has 0 spiro atoms. The van der Waals surface area contributed by atoms with Crippen LogP contribution in [0.1, 0.15) is 18.9 Å². The lowest BCUT2D eigenvalue weighted by atomic mass is 10.2. The van der Waals surface area contributed by atoms with Crippen molar-refractivity contribution in [2.75, 3.05) is 12.3 Å². The number of amides is 1. The van der Waals surface area contributed by atoms with E-state index in [2.05, 4.69) is 5.32 Å². The van der Waals surface area contributed by atoms with Crippen LogP contribution in [0.3, 0.4) is 0 Å². The van der Waals surface area contributed by atoms with E-state index in [1.807, 2.05) is 31.2 Å². The van der Waals surface area contributed by atoms with Crippen molar-refractivity contribution in [3.63, 3.8) is 0 Å². The molecule has 1 aromatic rings. The zero-order valence-electron chi connectivity index (χ0n) is 9.33. The number of rotatable bonds is 6. The largest absolute Gasteiger partial charge is 0.355 e. The van der Waals surface area contributed by atoms with Crippen molar-refractivity contribution in [1.29, 1.82) is 0 Å². The maximum absolute atomic E-state index is 10.9. The summed E-state index contributed by atoms with van der Waals surface area (Å²) in [6.45, 7) is 2.60. The van der Waals surface area contributed by atoms with Gasteiger partial charge in [-0.05, 0) is 17.7 Å². The summed E-state index contributed by atoms with van der Waals surface area (Å²) in [5, 5.41) is 3.61. The molecule has 0 radical (unpaired) electrons. The minimum atomic E-state index is 0.118. The van der Waals surface area contributed by atoms with Crippen LogP contribution in [-0.4, -0.2) is 18.2 Å². The predicted octanol–water partition coefficient (Wildman–Crippen LogP) is 3.10. The topological polar surface area (TPSA) is 29.1 Å². The Morgan fingerprint density at radius 3 is 2.69 bits per heavy atom. The second-order valence-electron chi connectivity index (χ2n) is 3.38. The summed E-state index contributed by atoms with van der Waals surface area (Å²) < 4.78 is 0. The number of thioether (sulfide) groups is 1. The number of carbonyl (C=O) groups is 1. The number of hydrogen-bond acceptors (Lipinski definition) is 2. The van der Waals surface area contributed by atoms with Gasteiger partial charge in [0.15, 0.2) is 0 Å². The molecule has 2 nitrogen and oxygen atoms in total. The molecule has 16 heavy (non-hydrogen) atoms. The molecule has 0 bridgehead atoms. The Hall–Kier alpha value is -0.670. The molecule has 0 aliphatic rings. The van der Waals surface area contributed by atoms with Crippen molar-refractivity contribution in [3.05, 3.63) is 34.9 Å². The molecule has 1 N–H and O–H groups in total.